The number of rotatable bonds is 1. The van der Waals surface area contributed by atoms with Crippen LogP contribution in [0.5, 0.6) is 0 Å². The third-order valence-corrected chi connectivity index (χ3v) is 2.32. The van der Waals surface area contributed by atoms with Gasteiger partial charge in [-0.15, -0.1) is 0 Å². The number of fused-ring (bicyclic) bond motifs is 1. The zero-order chi connectivity index (χ0) is 7.68. The van der Waals surface area contributed by atoms with Crippen molar-refractivity contribution in [2.24, 2.45) is 0 Å². The van der Waals surface area contributed by atoms with Crippen LogP contribution in [0.3, 0.4) is 0 Å². The van der Waals surface area contributed by atoms with Crippen molar-refractivity contribution < 1.29 is 4.42 Å². The summed E-state index contributed by atoms with van der Waals surface area (Å²) in [6, 6.07) is 0. The Morgan fingerprint density at radius 1 is 1.55 bits per heavy atom. The molecule has 0 radical (unpaired) electrons. The lowest BCUT2D eigenvalue weighted by atomic mass is 9.90. The van der Waals surface area contributed by atoms with Crippen LogP contribution in [0.1, 0.15) is 30.4 Å². The van der Waals surface area contributed by atoms with E-state index in [0.29, 0.717) is 5.92 Å². The molecule has 1 nitrogen and oxygen atoms in total. The van der Waals surface area contributed by atoms with Crippen molar-refractivity contribution >= 4 is 0 Å². The van der Waals surface area contributed by atoms with Crippen molar-refractivity contribution in [3.05, 3.63) is 35.8 Å². The molecule has 0 amide bonds. The predicted octanol–water partition coefficient (Wildman–Crippen LogP) is 2.89. The van der Waals surface area contributed by atoms with Crippen LogP contribution in [0.25, 0.3) is 0 Å². The molecule has 1 heterocycles. The molecule has 58 valence electrons. The molecule has 0 saturated carbocycles. The molecule has 1 atom stereocenters. The van der Waals surface area contributed by atoms with Gasteiger partial charge in [-0.2, -0.15) is 0 Å². The highest BCUT2D eigenvalue weighted by molar-refractivity contribution is 5.33. The molecule has 11 heavy (non-hydrogen) atoms. The lowest BCUT2D eigenvalue weighted by molar-refractivity contribution is 0.560. The molecule has 1 aliphatic rings. The van der Waals surface area contributed by atoms with Crippen LogP contribution < -0.4 is 0 Å². The Balaban J connectivity index is 2.38. The number of allylic oxidation sites excluding steroid dienone is 2. The van der Waals surface area contributed by atoms with Gasteiger partial charge >= 0.3 is 0 Å². The van der Waals surface area contributed by atoms with Crippen LogP contribution >= 0.6 is 0 Å². The Hall–Kier alpha value is -0.980. The van der Waals surface area contributed by atoms with Crippen LogP contribution in [0.2, 0.25) is 0 Å². The average molecular weight is 148 g/mol. The summed E-state index contributed by atoms with van der Waals surface area (Å²) in [6.45, 7) is 2.21. The highest BCUT2D eigenvalue weighted by Gasteiger charge is 2.15. The third-order valence-electron chi connectivity index (χ3n) is 2.32. The van der Waals surface area contributed by atoms with E-state index in [1.165, 1.54) is 17.5 Å². The Morgan fingerprint density at radius 3 is 3.27 bits per heavy atom. The summed E-state index contributed by atoms with van der Waals surface area (Å²) in [6.07, 6.45) is 10.5. The maximum absolute atomic E-state index is 5.16. The lowest BCUT2D eigenvalue weighted by Gasteiger charge is -2.13. The predicted molar refractivity (Wildman–Crippen MR) is 44.6 cm³/mol. The highest BCUT2D eigenvalue weighted by atomic mass is 16.3. The lowest BCUT2D eigenvalue weighted by Crippen LogP contribution is -2.00. The summed E-state index contributed by atoms with van der Waals surface area (Å²) in [4.78, 5) is 0. The van der Waals surface area contributed by atoms with E-state index in [4.69, 9.17) is 4.42 Å². The van der Waals surface area contributed by atoms with Crippen molar-refractivity contribution in [2.75, 3.05) is 0 Å². The zero-order valence-electron chi connectivity index (χ0n) is 6.71. The van der Waals surface area contributed by atoms with E-state index < -0.39 is 0 Å². The number of hydrogen-bond donors (Lipinski definition) is 0. The Bertz CT molecular complexity index is 270. The maximum atomic E-state index is 5.16. The monoisotopic (exact) mass is 148 g/mol. The molecule has 0 saturated heterocycles. The molecule has 0 bridgehead atoms. The summed E-state index contributed by atoms with van der Waals surface area (Å²) in [5.41, 5.74) is 2.74. The summed E-state index contributed by atoms with van der Waals surface area (Å²) >= 11 is 0. The van der Waals surface area contributed by atoms with E-state index in [1.807, 2.05) is 12.5 Å². The van der Waals surface area contributed by atoms with Gasteiger partial charge in [-0.3, -0.25) is 0 Å². The molecule has 1 aliphatic carbocycles. The van der Waals surface area contributed by atoms with E-state index >= 15 is 0 Å². The van der Waals surface area contributed by atoms with Gasteiger partial charge in [0.25, 0.3) is 0 Å². The standard InChI is InChI=1S/C10H12O/c1-2-8-4-3-5-9-6-11-7-10(8)9/h3-4,6-8H,2,5H2,1H3. The molecule has 2 rings (SSSR count). The van der Waals surface area contributed by atoms with Crippen molar-refractivity contribution in [3.63, 3.8) is 0 Å². The molecule has 0 fully saturated rings. The third kappa shape index (κ3) is 1.01. The fraction of sp³-hybridized carbons (Fsp3) is 0.400. The summed E-state index contributed by atoms with van der Waals surface area (Å²) in [7, 11) is 0. The quantitative estimate of drug-likeness (QED) is 0.558. The molecule has 1 heteroatoms. The number of furan rings is 1. The molecule has 0 N–H and O–H groups in total. The fourth-order valence-electron chi connectivity index (χ4n) is 1.64. The minimum absolute atomic E-state index is 0.595. The van der Waals surface area contributed by atoms with Crippen LogP contribution in [-0.2, 0) is 6.42 Å². The van der Waals surface area contributed by atoms with Gasteiger partial charge in [-0.25, -0.2) is 0 Å². The molecule has 0 spiro atoms. The van der Waals surface area contributed by atoms with Crippen LogP contribution in [-0.4, -0.2) is 0 Å². The topological polar surface area (TPSA) is 13.1 Å². The van der Waals surface area contributed by atoms with E-state index in [9.17, 15) is 0 Å². The summed E-state index contributed by atoms with van der Waals surface area (Å²) in [5, 5.41) is 0. The first-order valence-electron chi connectivity index (χ1n) is 4.13. The van der Waals surface area contributed by atoms with E-state index in [1.54, 1.807) is 0 Å². The van der Waals surface area contributed by atoms with Gasteiger partial charge in [-0.05, 0) is 18.4 Å². The first kappa shape index (κ1) is 6.71. The largest absolute Gasteiger partial charge is 0.472 e. The zero-order valence-corrected chi connectivity index (χ0v) is 6.71. The Labute approximate surface area is 66.7 Å². The van der Waals surface area contributed by atoms with Gasteiger partial charge in [0.05, 0.1) is 12.5 Å². The van der Waals surface area contributed by atoms with Gasteiger partial charge in [0, 0.05) is 11.5 Å². The molecule has 0 aliphatic heterocycles. The SMILES string of the molecule is CCC1C=CCc2cocc21. The van der Waals surface area contributed by atoms with Gasteiger partial charge in [-0.1, -0.05) is 19.1 Å². The van der Waals surface area contributed by atoms with Crippen LogP contribution in [0.15, 0.2) is 29.1 Å². The second-order valence-electron chi connectivity index (χ2n) is 3.00. The Kier molecular flexibility index (Phi) is 1.57. The van der Waals surface area contributed by atoms with Crippen molar-refractivity contribution in [1.82, 2.24) is 0 Å². The van der Waals surface area contributed by atoms with Gasteiger partial charge in [0.15, 0.2) is 0 Å². The fourth-order valence-corrected chi connectivity index (χ4v) is 1.64. The average Bonchev–Trinajstić information content (AvgIpc) is 2.50. The molecular formula is C10H12O. The van der Waals surface area contributed by atoms with E-state index in [-0.39, 0.29) is 0 Å². The number of hydrogen-bond acceptors (Lipinski definition) is 1. The van der Waals surface area contributed by atoms with E-state index in [2.05, 4.69) is 19.1 Å². The second kappa shape index (κ2) is 2.57. The summed E-state index contributed by atoms with van der Waals surface area (Å²) in [5.74, 6) is 0.595. The van der Waals surface area contributed by atoms with Gasteiger partial charge in [0.2, 0.25) is 0 Å². The normalized spacial score (nSPS) is 21.7. The second-order valence-corrected chi connectivity index (χ2v) is 3.00. The molecular weight excluding hydrogens is 136 g/mol. The smallest absolute Gasteiger partial charge is 0.0943 e. The maximum Gasteiger partial charge on any atom is 0.0943 e. The molecule has 0 aromatic carbocycles. The minimum atomic E-state index is 0.595. The molecule has 1 aromatic heterocycles. The highest BCUT2D eigenvalue weighted by Crippen LogP contribution is 2.29. The minimum Gasteiger partial charge on any atom is -0.472 e. The van der Waals surface area contributed by atoms with Gasteiger partial charge in [0.1, 0.15) is 0 Å². The van der Waals surface area contributed by atoms with Gasteiger partial charge < -0.3 is 4.42 Å². The molecule has 1 unspecified atom stereocenters. The summed E-state index contributed by atoms with van der Waals surface area (Å²) < 4.78 is 5.16. The Morgan fingerprint density at radius 2 is 2.45 bits per heavy atom. The van der Waals surface area contributed by atoms with Crippen LogP contribution in [0, 0.1) is 0 Å². The van der Waals surface area contributed by atoms with Crippen molar-refractivity contribution in [3.8, 4) is 0 Å². The molecule has 1 aromatic rings. The van der Waals surface area contributed by atoms with E-state index in [0.717, 1.165) is 6.42 Å². The first-order chi connectivity index (χ1) is 5.42. The van der Waals surface area contributed by atoms with Crippen molar-refractivity contribution in [1.29, 1.82) is 0 Å². The van der Waals surface area contributed by atoms with Crippen LogP contribution in [0.4, 0.5) is 0 Å². The first-order valence-corrected chi connectivity index (χ1v) is 4.13. The van der Waals surface area contributed by atoms with Crippen molar-refractivity contribution in [2.45, 2.75) is 25.7 Å².